The summed E-state index contributed by atoms with van der Waals surface area (Å²) in [4.78, 5) is 37.0. The third-order valence-electron chi connectivity index (χ3n) is 6.04. The van der Waals surface area contributed by atoms with Crippen molar-refractivity contribution < 1.29 is 9.59 Å². The number of benzene rings is 2. The van der Waals surface area contributed by atoms with E-state index < -0.39 is 0 Å². The Morgan fingerprint density at radius 2 is 1.42 bits per heavy atom. The lowest BCUT2D eigenvalue weighted by molar-refractivity contribution is -0.138. The fourth-order valence-electron chi connectivity index (χ4n) is 4.36. The number of pyridine rings is 1. The third kappa shape index (κ3) is 4.22. The van der Waals surface area contributed by atoms with E-state index >= 15 is 0 Å². The Labute approximate surface area is 197 Å². The molecule has 1 saturated heterocycles. The molecule has 2 aliphatic heterocycles. The first-order chi connectivity index (χ1) is 16.1. The second-order valence-corrected chi connectivity index (χ2v) is 8.49. The Morgan fingerprint density at radius 3 is 2.09 bits per heavy atom. The molecule has 0 radical (unpaired) electrons. The minimum absolute atomic E-state index is 0.142. The lowest BCUT2D eigenvalue weighted by Gasteiger charge is -2.37. The van der Waals surface area contributed by atoms with Crippen LogP contribution in [0.15, 0.2) is 84.7 Å². The summed E-state index contributed by atoms with van der Waals surface area (Å²) in [5, 5.41) is 0.583. The number of imide groups is 1. The van der Waals surface area contributed by atoms with Crippen molar-refractivity contribution in [1.82, 2.24) is 14.8 Å². The van der Waals surface area contributed by atoms with E-state index in [-0.39, 0.29) is 18.4 Å². The summed E-state index contributed by atoms with van der Waals surface area (Å²) in [6.07, 6.45) is 1.66. The average molecular weight is 459 g/mol. The summed E-state index contributed by atoms with van der Waals surface area (Å²) in [6.45, 7) is 2.98. The van der Waals surface area contributed by atoms with Crippen LogP contribution in [0.4, 0.5) is 5.69 Å². The number of hydrogen-bond donors (Lipinski definition) is 0. The fourth-order valence-corrected chi connectivity index (χ4v) is 4.48. The molecule has 1 fully saturated rings. The maximum absolute atomic E-state index is 13.6. The molecule has 6 nitrogen and oxygen atoms in total. The highest BCUT2D eigenvalue weighted by Gasteiger charge is 2.42. The number of hydrogen-bond acceptors (Lipinski definition) is 5. The number of piperazine rings is 1. The highest BCUT2D eigenvalue weighted by Crippen LogP contribution is 2.34. The van der Waals surface area contributed by atoms with Crippen molar-refractivity contribution >= 4 is 34.7 Å². The molecule has 2 amide bonds. The number of amides is 2. The van der Waals surface area contributed by atoms with Gasteiger partial charge in [0.1, 0.15) is 5.70 Å². The number of carbonyl (C=O) groups excluding carboxylic acids is 2. The van der Waals surface area contributed by atoms with Crippen LogP contribution in [0.2, 0.25) is 5.02 Å². The van der Waals surface area contributed by atoms with Crippen LogP contribution in [0.3, 0.4) is 0 Å². The first kappa shape index (κ1) is 21.2. The molecule has 166 valence electrons. The van der Waals surface area contributed by atoms with Crippen LogP contribution in [-0.4, -0.2) is 52.8 Å². The first-order valence-corrected chi connectivity index (χ1v) is 11.3. The van der Waals surface area contributed by atoms with E-state index in [0.717, 1.165) is 18.8 Å². The normalized spacial score (nSPS) is 16.7. The SMILES string of the molecule is O=C1C(c2ccc(Cl)cc2)=C(N2CCN(c3ccccc3)CC2)C(=O)N1Cc1ccccn1. The minimum Gasteiger partial charge on any atom is -0.368 e. The van der Waals surface area contributed by atoms with Gasteiger partial charge in [0.15, 0.2) is 0 Å². The van der Waals surface area contributed by atoms with Gasteiger partial charge < -0.3 is 9.80 Å². The number of rotatable bonds is 5. The van der Waals surface area contributed by atoms with E-state index in [9.17, 15) is 9.59 Å². The van der Waals surface area contributed by atoms with Crippen LogP contribution in [0, 0.1) is 0 Å². The Balaban J connectivity index is 1.45. The topological polar surface area (TPSA) is 56.8 Å². The van der Waals surface area contributed by atoms with Gasteiger partial charge in [-0.1, -0.05) is 48.0 Å². The van der Waals surface area contributed by atoms with Crippen molar-refractivity contribution in [2.24, 2.45) is 0 Å². The summed E-state index contributed by atoms with van der Waals surface area (Å²) in [6, 6.07) is 22.8. The zero-order valence-electron chi connectivity index (χ0n) is 18.0. The van der Waals surface area contributed by atoms with E-state index in [0.29, 0.717) is 40.6 Å². The molecule has 0 saturated carbocycles. The molecule has 0 N–H and O–H groups in total. The standard InChI is InChI=1S/C26H23ClN4O2/c27-20-11-9-19(10-12-20)23-24(26(33)31(25(23)32)18-21-6-4-5-13-28-21)30-16-14-29(15-17-30)22-7-2-1-3-8-22/h1-13H,14-18H2. The second kappa shape index (κ2) is 9.08. The summed E-state index contributed by atoms with van der Waals surface area (Å²) in [5.41, 5.74) is 3.42. The predicted molar refractivity (Wildman–Crippen MR) is 128 cm³/mol. The smallest absolute Gasteiger partial charge is 0.278 e. The van der Waals surface area contributed by atoms with E-state index in [1.807, 2.05) is 41.3 Å². The van der Waals surface area contributed by atoms with E-state index in [4.69, 9.17) is 11.6 Å². The molecule has 33 heavy (non-hydrogen) atoms. The van der Waals surface area contributed by atoms with Crippen LogP contribution in [-0.2, 0) is 16.1 Å². The van der Waals surface area contributed by atoms with Crippen molar-refractivity contribution in [3.05, 3.63) is 101 Å². The zero-order valence-corrected chi connectivity index (χ0v) is 18.8. The van der Waals surface area contributed by atoms with Crippen LogP contribution in [0.1, 0.15) is 11.3 Å². The molecular weight excluding hydrogens is 436 g/mol. The predicted octanol–water partition coefficient (Wildman–Crippen LogP) is 3.84. The lowest BCUT2D eigenvalue weighted by atomic mass is 10.0. The molecule has 0 aliphatic carbocycles. The largest absolute Gasteiger partial charge is 0.368 e. The molecular formula is C26H23ClN4O2. The average Bonchev–Trinajstić information content (AvgIpc) is 3.11. The van der Waals surface area contributed by atoms with E-state index in [1.165, 1.54) is 4.90 Å². The Morgan fingerprint density at radius 1 is 0.758 bits per heavy atom. The maximum atomic E-state index is 13.6. The summed E-state index contributed by atoms with van der Waals surface area (Å²) in [5.74, 6) is -0.572. The quantitative estimate of drug-likeness (QED) is 0.544. The van der Waals surface area contributed by atoms with Crippen molar-refractivity contribution in [2.75, 3.05) is 31.1 Å². The molecule has 2 aromatic carbocycles. The second-order valence-electron chi connectivity index (χ2n) is 8.06. The molecule has 0 spiro atoms. The van der Waals surface area contributed by atoms with Crippen LogP contribution in [0.25, 0.3) is 5.57 Å². The lowest BCUT2D eigenvalue weighted by Crippen LogP contribution is -2.47. The number of halogens is 1. The molecule has 3 heterocycles. The van der Waals surface area contributed by atoms with Gasteiger partial charge in [-0.2, -0.15) is 0 Å². The van der Waals surface area contributed by atoms with E-state index in [2.05, 4.69) is 22.0 Å². The molecule has 0 atom stereocenters. The van der Waals surface area contributed by atoms with Crippen molar-refractivity contribution in [2.45, 2.75) is 6.54 Å². The van der Waals surface area contributed by atoms with Crippen LogP contribution in [0.5, 0.6) is 0 Å². The van der Waals surface area contributed by atoms with Gasteiger partial charge in [-0.3, -0.25) is 19.5 Å². The number of nitrogens with zero attached hydrogens (tertiary/aromatic N) is 4. The van der Waals surface area contributed by atoms with Crippen molar-refractivity contribution in [3.63, 3.8) is 0 Å². The number of para-hydroxylation sites is 1. The Bertz CT molecular complexity index is 1190. The highest BCUT2D eigenvalue weighted by molar-refractivity contribution is 6.35. The minimum atomic E-state index is -0.298. The van der Waals surface area contributed by atoms with Gasteiger partial charge in [0.05, 0.1) is 17.8 Å². The van der Waals surface area contributed by atoms with Gasteiger partial charge in [0.25, 0.3) is 11.8 Å². The molecule has 2 aliphatic rings. The van der Waals surface area contributed by atoms with Gasteiger partial charge >= 0.3 is 0 Å². The number of anilines is 1. The van der Waals surface area contributed by atoms with Gasteiger partial charge in [-0.25, -0.2) is 0 Å². The van der Waals surface area contributed by atoms with E-state index in [1.54, 1.807) is 30.5 Å². The van der Waals surface area contributed by atoms with Gasteiger partial charge in [-0.05, 0) is 42.0 Å². The monoisotopic (exact) mass is 458 g/mol. The Hall–Kier alpha value is -3.64. The fraction of sp³-hybridized carbons (Fsp3) is 0.192. The molecule has 7 heteroatoms. The summed E-state index contributed by atoms with van der Waals surface area (Å²) in [7, 11) is 0. The molecule has 0 bridgehead atoms. The molecule has 1 aromatic heterocycles. The third-order valence-corrected chi connectivity index (χ3v) is 6.29. The van der Waals surface area contributed by atoms with Crippen LogP contribution < -0.4 is 4.90 Å². The Kier molecular flexibility index (Phi) is 5.84. The zero-order chi connectivity index (χ0) is 22.8. The van der Waals surface area contributed by atoms with Crippen molar-refractivity contribution in [1.29, 1.82) is 0 Å². The maximum Gasteiger partial charge on any atom is 0.278 e. The first-order valence-electron chi connectivity index (χ1n) is 10.9. The van der Waals surface area contributed by atoms with Gasteiger partial charge in [0, 0.05) is 43.1 Å². The number of carbonyl (C=O) groups is 2. The van der Waals surface area contributed by atoms with Crippen LogP contribution >= 0.6 is 11.6 Å². The number of aromatic nitrogens is 1. The van der Waals surface area contributed by atoms with Gasteiger partial charge in [0.2, 0.25) is 0 Å². The summed E-state index contributed by atoms with van der Waals surface area (Å²) < 4.78 is 0. The van der Waals surface area contributed by atoms with Crippen molar-refractivity contribution in [3.8, 4) is 0 Å². The summed E-state index contributed by atoms with van der Waals surface area (Å²) >= 11 is 6.08. The molecule has 0 unspecified atom stereocenters. The highest BCUT2D eigenvalue weighted by atomic mass is 35.5. The van der Waals surface area contributed by atoms with Gasteiger partial charge in [-0.15, -0.1) is 0 Å². The molecule has 3 aromatic rings. The molecule has 5 rings (SSSR count).